The molecule has 0 aromatic heterocycles. The highest BCUT2D eigenvalue weighted by molar-refractivity contribution is 5.94. The van der Waals surface area contributed by atoms with E-state index in [2.05, 4.69) is 49.3 Å². The van der Waals surface area contributed by atoms with Gasteiger partial charge in [0.2, 0.25) is 0 Å². The van der Waals surface area contributed by atoms with Crippen molar-refractivity contribution in [2.45, 2.75) is 47.0 Å². The Bertz CT molecular complexity index is 678. The lowest BCUT2D eigenvalue weighted by Crippen LogP contribution is -2.34. The van der Waals surface area contributed by atoms with E-state index in [1.54, 1.807) is 0 Å². The molecule has 0 saturated heterocycles. The molecule has 2 N–H and O–H groups in total. The first-order chi connectivity index (χ1) is 13.5. The number of carbonyl (C=O) groups is 1. The molecule has 0 heterocycles. The maximum absolute atomic E-state index is 12.4. The molecule has 1 fully saturated rings. The minimum absolute atomic E-state index is 0.00794. The molecule has 3 rings (SSSR count). The first-order valence-electron chi connectivity index (χ1n) is 11.1. The van der Waals surface area contributed by atoms with Crippen molar-refractivity contribution >= 4 is 11.6 Å². The molecule has 0 radical (unpaired) electrons. The summed E-state index contributed by atoms with van der Waals surface area (Å²) in [6, 6.07) is 7.92. The minimum Gasteiger partial charge on any atom is -0.359 e. The third kappa shape index (κ3) is 4.96. The van der Waals surface area contributed by atoms with Gasteiger partial charge in [-0.25, -0.2) is 0 Å². The Hall–Kier alpha value is -1.81. The summed E-state index contributed by atoms with van der Waals surface area (Å²) in [7, 11) is 0. The van der Waals surface area contributed by atoms with Gasteiger partial charge in [0.05, 0.1) is 0 Å². The van der Waals surface area contributed by atoms with Crippen LogP contribution in [0, 0.1) is 23.7 Å². The van der Waals surface area contributed by atoms with Crippen LogP contribution in [0.25, 0.3) is 0 Å². The van der Waals surface area contributed by atoms with Gasteiger partial charge in [0.15, 0.2) is 0 Å². The molecule has 1 amide bonds. The molecule has 2 aliphatic carbocycles. The zero-order valence-electron chi connectivity index (χ0n) is 18.0. The van der Waals surface area contributed by atoms with Crippen molar-refractivity contribution in [3.63, 3.8) is 0 Å². The molecule has 28 heavy (non-hydrogen) atoms. The summed E-state index contributed by atoms with van der Waals surface area (Å²) in [5.41, 5.74) is 3.19. The van der Waals surface area contributed by atoms with Gasteiger partial charge in [0.25, 0.3) is 5.91 Å². The van der Waals surface area contributed by atoms with E-state index in [1.165, 1.54) is 25.0 Å². The fourth-order valence-electron chi connectivity index (χ4n) is 4.90. The third-order valence-corrected chi connectivity index (χ3v) is 6.73. The van der Waals surface area contributed by atoms with Crippen LogP contribution in [0.2, 0.25) is 0 Å². The molecule has 4 nitrogen and oxygen atoms in total. The lowest BCUT2D eigenvalue weighted by molar-refractivity contribution is 0.0949. The highest BCUT2D eigenvalue weighted by Crippen LogP contribution is 2.47. The number of likely N-dealkylation sites (N-methyl/N-ethyl adjacent to an activating group) is 1. The monoisotopic (exact) mass is 383 g/mol. The van der Waals surface area contributed by atoms with Crippen molar-refractivity contribution in [2.24, 2.45) is 23.7 Å². The lowest BCUT2D eigenvalue weighted by atomic mass is 9.73. The topological polar surface area (TPSA) is 44.4 Å². The highest BCUT2D eigenvalue weighted by atomic mass is 16.1. The molecule has 1 unspecified atom stereocenters. The van der Waals surface area contributed by atoms with E-state index in [-0.39, 0.29) is 5.91 Å². The first kappa shape index (κ1) is 20.9. The van der Waals surface area contributed by atoms with Crippen LogP contribution < -0.4 is 10.6 Å². The second-order valence-corrected chi connectivity index (χ2v) is 8.65. The zero-order valence-corrected chi connectivity index (χ0v) is 18.0. The Morgan fingerprint density at radius 3 is 2.50 bits per heavy atom. The number of hydrogen-bond donors (Lipinski definition) is 2. The molecule has 4 heteroatoms. The van der Waals surface area contributed by atoms with Crippen LogP contribution in [0.1, 0.15) is 57.3 Å². The summed E-state index contributed by atoms with van der Waals surface area (Å²) in [5.74, 6) is 2.96. The summed E-state index contributed by atoms with van der Waals surface area (Å²) in [6.45, 7) is 12.6. The second-order valence-electron chi connectivity index (χ2n) is 8.65. The summed E-state index contributed by atoms with van der Waals surface area (Å²) in [6.07, 6.45) is 6.44. The van der Waals surface area contributed by atoms with Gasteiger partial charge in [0.1, 0.15) is 0 Å². The quantitative estimate of drug-likeness (QED) is 0.680. The molecule has 4 atom stereocenters. The Morgan fingerprint density at radius 1 is 1.11 bits per heavy atom. The van der Waals surface area contributed by atoms with Gasteiger partial charge < -0.3 is 15.5 Å². The van der Waals surface area contributed by atoms with Crippen LogP contribution in [-0.2, 0) is 0 Å². The van der Waals surface area contributed by atoms with E-state index in [4.69, 9.17) is 0 Å². The van der Waals surface area contributed by atoms with Crippen molar-refractivity contribution in [3.05, 3.63) is 41.6 Å². The minimum atomic E-state index is 0.00794. The van der Waals surface area contributed by atoms with Crippen molar-refractivity contribution in [2.75, 3.05) is 31.5 Å². The molecule has 1 aromatic carbocycles. The summed E-state index contributed by atoms with van der Waals surface area (Å²) < 4.78 is 0. The summed E-state index contributed by atoms with van der Waals surface area (Å²) in [4.78, 5) is 14.7. The molecule has 154 valence electrons. The number of amides is 1. The van der Waals surface area contributed by atoms with Gasteiger partial charge in [-0.2, -0.15) is 0 Å². The van der Waals surface area contributed by atoms with E-state index >= 15 is 0 Å². The molecule has 1 aromatic rings. The predicted octanol–water partition coefficient (Wildman–Crippen LogP) is 4.76. The van der Waals surface area contributed by atoms with Crippen molar-refractivity contribution in [1.29, 1.82) is 0 Å². The number of carbonyl (C=O) groups excluding carboxylic acids is 1. The van der Waals surface area contributed by atoms with E-state index in [1.807, 2.05) is 24.3 Å². The van der Waals surface area contributed by atoms with Gasteiger partial charge in [-0.15, -0.1) is 0 Å². The largest absolute Gasteiger partial charge is 0.359 e. The Morgan fingerprint density at radius 2 is 1.82 bits per heavy atom. The smallest absolute Gasteiger partial charge is 0.251 e. The van der Waals surface area contributed by atoms with E-state index < -0.39 is 0 Å². The molecular weight excluding hydrogens is 346 g/mol. The van der Waals surface area contributed by atoms with Crippen LogP contribution in [0.3, 0.4) is 0 Å². The normalized spacial score (nSPS) is 26.7. The van der Waals surface area contributed by atoms with Crippen molar-refractivity contribution in [3.8, 4) is 0 Å². The Kier molecular flexibility index (Phi) is 7.17. The van der Waals surface area contributed by atoms with Crippen LogP contribution in [-0.4, -0.2) is 37.0 Å². The van der Waals surface area contributed by atoms with Crippen LogP contribution in [0.4, 0.5) is 5.69 Å². The fraction of sp³-hybridized carbons (Fsp3) is 0.625. The van der Waals surface area contributed by atoms with Gasteiger partial charge >= 0.3 is 0 Å². The zero-order chi connectivity index (χ0) is 20.1. The highest BCUT2D eigenvalue weighted by Gasteiger charge is 2.38. The van der Waals surface area contributed by atoms with Gasteiger partial charge in [0, 0.05) is 36.0 Å². The molecular formula is C24H37N3O. The number of nitrogens with one attached hydrogen (secondary N) is 2. The second kappa shape index (κ2) is 9.60. The molecule has 0 bridgehead atoms. The van der Waals surface area contributed by atoms with Gasteiger partial charge in [-0.05, 0) is 68.0 Å². The SMILES string of the molecule is CCN(CC)CCNC(=O)c1ccc(NC2=CC(C)[C@@H]3CC[C@@H](C)C[C@@H]23)cc1. The average molecular weight is 384 g/mol. The summed E-state index contributed by atoms with van der Waals surface area (Å²) >= 11 is 0. The lowest BCUT2D eigenvalue weighted by Gasteiger charge is -2.34. The predicted molar refractivity (Wildman–Crippen MR) is 117 cm³/mol. The van der Waals surface area contributed by atoms with Gasteiger partial charge in [-0.3, -0.25) is 4.79 Å². The number of fused-ring (bicyclic) bond motifs is 1. The fourth-order valence-corrected chi connectivity index (χ4v) is 4.90. The maximum atomic E-state index is 12.4. The molecule has 0 spiro atoms. The molecule has 0 aliphatic heterocycles. The van der Waals surface area contributed by atoms with Crippen LogP contribution >= 0.6 is 0 Å². The number of benzene rings is 1. The number of nitrogens with zero attached hydrogens (tertiary/aromatic N) is 1. The number of allylic oxidation sites excluding steroid dienone is 2. The number of anilines is 1. The number of rotatable bonds is 8. The average Bonchev–Trinajstić information content (AvgIpc) is 3.00. The first-order valence-corrected chi connectivity index (χ1v) is 11.1. The molecule has 1 saturated carbocycles. The maximum Gasteiger partial charge on any atom is 0.251 e. The standard InChI is InChI=1S/C24H37N3O/c1-5-27(6-2)14-13-25-24(28)19-8-10-20(11-9-19)26-23-16-18(4)21-12-7-17(3)15-22(21)23/h8-11,16-18,21-22,26H,5-7,12-15H2,1-4H3,(H,25,28)/t17-,18?,21+,22-/m1/s1. The van der Waals surface area contributed by atoms with E-state index in [9.17, 15) is 4.79 Å². The van der Waals surface area contributed by atoms with Crippen molar-refractivity contribution < 1.29 is 4.79 Å². The number of hydrogen-bond acceptors (Lipinski definition) is 3. The van der Waals surface area contributed by atoms with Crippen molar-refractivity contribution in [1.82, 2.24) is 10.2 Å². The van der Waals surface area contributed by atoms with Crippen LogP contribution in [0.5, 0.6) is 0 Å². The van der Waals surface area contributed by atoms with Crippen LogP contribution in [0.15, 0.2) is 36.0 Å². The third-order valence-electron chi connectivity index (χ3n) is 6.73. The van der Waals surface area contributed by atoms with E-state index in [0.717, 1.165) is 42.7 Å². The molecule has 2 aliphatic rings. The van der Waals surface area contributed by atoms with Gasteiger partial charge in [-0.1, -0.05) is 40.2 Å². The Labute approximate surface area is 170 Å². The van der Waals surface area contributed by atoms with E-state index in [0.29, 0.717) is 18.4 Å². The Balaban J connectivity index is 1.54. The summed E-state index contributed by atoms with van der Waals surface area (Å²) in [5, 5.41) is 6.68.